The molecule has 0 aliphatic carbocycles. The summed E-state index contributed by atoms with van der Waals surface area (Å²) in [6, 6.07) is 11.6. The molecule has 7 heteroatoms. The van der Waals surface area contributed by atoms with Gasteiger partial charge in [0.15, 0.2) is 0 Å². The Morgan fingerprint density at radius 2 is 1.79 bits per heavy atom. The molecule has 2 aromatic carbocycles. The fourth-order valence-corrected chi connectivity index (χ4v) is 3.77. The standard InChI is InChI=1S/C21H19NO5S/c1-21(2,3)27-20(26)22-13-9-7-12(8-10-13)11-16-17(23)14-5-4-6-15(19(24)25)18(14)28-16/h4-11H,1-3H3,(H,22,26)(H,24,25)/b16-11+. The number of benzene rings is 2. The van der Waals surface area contributed by atoms with Crippen molar-refractivity contribution in [2.45, 2.75) is 31.3 Å². The molecule has 0 unspecified atom stereocenters. The monoisotopic (exact) mass is 397 g/mol. The van der Waals surface area contributed by atoms with Crippen LogP contribution in [0.1, 0.15) is 47.1 Å². The molecule has 1 amide bonds. The van der Waals surface area contributed by atoms with E-state index in [1.807, 2.05) is 0 Å². The van der Waals surface area contributed by atoms with Crippen molar-refractivity contribution in [2.75, 3.05) is 5.32 Å². The minimum absolute atomic E-state index is 0.121. The summed E-state index contributed by atoms with van der Waals surface area (Å²) < 4.78 is 5.20. The first-order valence-electron chi connectivity index (χ1n) is 8.55. The van der Waals surface area contributed by atoms with Crippen molar-refractivity contribution in [1.82, 2.24) is 0 Å². The molecule has 2 aromatic rings. The summed E-state index contributed by atoms with van der Waals surface area (Å²) in [6.07, 6.45) is 1.16. The van der Waals surface area contributed by atoms with Gasteiger partial charge in [0.1, 0.15) is 5.60 Å². The summed E-state index contributed by atoms with van der Waals surface area (Å²) in [6.45, 7) is 5.35. The van der Waals surface area contributed by atoms with Crippen LogP contribution in [-0.2, 0) is 4.74 Å². The van der Waals surface area contributed by atoms with Crippen LogP contribution in [0.3, 0.4) is 0 Å². The molecule has 0 saturated carbocycles. The number of rotatable bonds is 3. The van der Waals surface area contributed by atoms with Gasteiger partial charge in [0.2, 0.25) is 5.78 Å². The SMILES string of the molecule is CC(C)(C)OC(=O)Nc1ccc(/C=C2/Sc3c(C(=O)O)cccc3C2=O)cc1. The van der Waals surface area contributed by atoms with Crippen LogP contribution in [0.15, 0.2) is 52.3 Å². The van der Waals surface area contributed by atoms with E-state index >= 15 is 0 Å². The molecule has 144 valence electrons. The lowest BCUT2D eigenvalue weighted by molar-refractivity contribution is 0.0633. The lowest BCUT2D eigenvalue weighted by Gasteiger charge is -2.19. The number of aromatic carboxylic acids is 1. The number of ether oxygens (including phenoxy) is 1. The van der Waals surface area contributed by atoms with Crippen LogP contribution in [-0.4, -0.2) is 28.6 Å². The van der Waals surface area contributed by atoms with Gasteiger partial charge in [0.25, 0.3) is 0 Å². The number of amides is 1. The van der Waals surface area contributed by atoms with Gasteiger partial charge in [-0.15, -0.1) is 0 Å². The van der Waals surface area contributed by atoms with Crippen molar-refractivity contribution >= 4 is 41.4 Å². The molecule has 0 fully saturated rings. The Balaban J connectivity index is 1.76. The number of carbonyl (C=O) groups excluding carboxylic acids is 2. The van der Waals surface area contributed by atoms with Gasteiger partial charge in [-0.05, 0) is 56.7 Å². The molecule has 0 bridgehead atoms. The third-order valence-corrected chi connectivity index (χ3v) is 4.95. The molecule has 28 heavy (non-hydrogen) atoms. The van der Waals surface area contributed by atoms with Gasteiger partial charge in [-0.1, -0.05) is 30.0 Å². The van der Waals surface area contributed by atoms with E-state index in [9.17, 15) is 19.5 Å². The van der Waals surface area contributed by atoms with Crippen molar-refractivity contribution < 1.29 is 24.2 Å². The van der Waals surface area contributed by atoms with Gasteiger partial charge in [-0.25, -0.2) is 9.59 Å². The predicted molar refractivity (Wildman–Crippen MR) is 108 cm³/mol. The maximum absolute atomic E-state index is 12.6. The summed E-state index contributed by atoms with van der Waals surface area (Å²) in [5, 5.41) is 11.9. The molecular formula is C21H19NO5S. The number of hydrogen-bond acceptors (Lipinski definition) is 5. The first-order chi connectivity index (χ1) is 13.1. The van der Waals surface area contributed by atoms with Crippen molar-refractivity contribution in [3.05, 3.63) is 64.1 Å². The molecule has 1 heterocycles. The fourth-order valence-electron chi connectivity index (χ4n) is 2.61. The van der Waals surface area contributed by atoms with Crippen LogP contribution >= 0.6 is 11.8 Å². The van der Waals surface area contributed by atoms with E-state index in [0.717, 1.165) is 17.3 Å². The minimum Gasteiger partial charge on any atom is -0.478 e. The van der Waals surface area contributed by atoms with Crippen molar-refractivity contribution in [2.24, 2.45) is 0 Å². The lowest BCUT2D eigenvalue weighted by Crippen LogP contribution is -2.27. The Hall–Kier alpha value is -3.06. The Labute approximate surface area is 166 Å². The van der Waals surface area contributed by atoms with E-state index in [4.69, 9.17) is 4.74 Å². The van der Waals surface area contributed by atoms with Crippen LogP contribution in [0.2, 0.25) is 0 Å². The normalized spacial score (nSPS) is 14.7. The molecule has 1 aliphatic heterocycles. The zero-order valence-electron chi connectivity index (χ0n) is 15.6. The third-order valence-electron chi connectivity index (χ3n) is 3.78. The molecular weight excluding hydrogens is 378 g/mol. The number of thioether (sulfide) groups is 1. The highest BCUT2D eigenvalue weighted by molar-refractivity contribution is 8.05. The van der Waals surface area contributed by atoms with Gasteiger partial charge in [-0.2, -0.15) is 0 Å². The smallest absolute Gasteiger partial charge is 0.412 e. The zero-order valence-corrected chi connectivity index (χ0v) is 16.4. The number of ketones is 1. The van der Waals surface area contributed by atoms with E-state index < -0.39 is 17.7 Å². The lowest BCUT2D eigenvalue weighted by atomic mass is 10.1. The quantitative estimate of drug-likeness (QED) is 0.703. The summed E-state index contributed by atoms with van der Waals surface area (Å²) in [5.41, 5.74) is 1.27. The molecule has 0 aromatic heterocycles. The summed E-state index contributed by atoms with van der Waals surface area (Å²) in [5.74, 6) is -1.25. The number of fused-ring (bicyclic) bond motifs is 1. The van der Waals surface area contributed by atoms with Gasteiger partial charge in [0, 0.05) is 16.1 Å². The Kier molecular flexibility index (Phi) is 5.29. The third kappa shape index (κ3) is 4.43. The van der Waals surface area contributed by atoms with E-state index in [2.05, 4.69) is 5.32 Å². The second-order valence-electron chi connectivity index (χ2n) is 7.18. The summed E-state index contributed by atoms with van der Waals surface area (Å²) >= 11 is 1.16. The molecule has 2 N–H and O–H groups in total. The van der Waals surface area contributed by atoms with E-state index in [1.165, 1.54) is 6.07 Å². The number of carboxylic acids is 1. The van der Waals surface area contributed by atoms with Gasteiger partial charge < -0.3 is 9.84 Å². The minimum atomic E-state index is -1.06. The average Bonchev–Trinajstić information content (AvgIpc) is 2.91. The second kappa shape index (κ2) is 7.52. The topological polar surface area (TPSA) is 92.7 Å². The van der Waals surface area contributed by atoms with Crippen LogP contribution in [0.5, 0.6) is 0 Å². The summed E-state index contributed by atoms with van der Waals surface area (Å²) in [7, 11) is 0. The number of carboxylic acid groups (broad SMARTS) is 1. The Morgan fingerprint density at radius 3 is 2.39 bits per heavy atom. The maximum Gasteiger partial charge on any atom is 0.412 e. The molecule has 0 radical (unpaired) electrons. The predicted octanol–water partition coefficient (Wildman–Crippen LogP) is 5.06. The maximum atomic E-state index is 12.6. The first-order valence-corrected chi connectivity index (χ1v) is 9.36. The zero-order chi connectivity index (χ0) is 20.5. The number of allylic oxidation sites excluding steroid dienone is 1. The van der Waals surface area contributed by atoms with Crippen LogP contribution in [0.4, 0.5) is 10.5 Å². The van der Waals surface area contributed by atoms with Crippen LogP contribution in [0.25, 0.3) is 6.08 Å². The number of Topliss-reactive ketones (excluding diaryl/α,β-unsaturated/α-hetero) is 1. The number of carbonyl (C=O) groups is 3. The van der Waals surface area contributed by atoms with Crippen LogP contribution in [0, 0.1) is 0 Å². The first kappa shape index (κ1) is 19.7. The van der Waals surface area contributed by atoms with E-state index in [1.54, 1.807) is 63.2 Å². The number of anilines is 1. The molecule has 0 spiro atoms. The van der Waals surface area contributed by atoms with E-state index in [-0.39, 0.29) is 11.3 Å². The Bertz CT molecular complexity index is 987. The average molecular weight is 397 g/mol. The highest BCUT2D eigenvalue weighted by Crippen LogP contribution is 2.42. The second-order valence-corrected chi connectivity index (χ2v) is 8.23. The number of hydrogen-bond donors (Lipinski definition) is 2. The van der Waals surface area contributed by atoms with E-state index in [0.29, 0.717) is 21.1 Å². The van der Waals surface area contributed by atoms with Gasteiger partial charge >= 0.3 is 12.1 Å². The largest absolute Gasteiger partial charge is 0.478 e. The Morgan fingerprint density at radius 1 is 1.11 bits per heavy atom. The number of nitrogens with one attached hydrogen (secondary N) is 1. The van der Waals surface area contributed by atoms with Crippen molar-refractivity contribution in [3.8, 4) is 0 Å². The van der Waals surface area contributed by atoms with Crippen LogP contribution < -0.4 is 5.32 Å². The van der Waals surface area contributed by atoms with Gasteiger partial charge in [-0.3, -0.25) is 10.1 Å². The van der Waals surface area contributed by atoms with Crippen molar-refractivity contribution in [3.63, 3.8) is 0 Å². The molecule has 0 saturated heterocycles. The molecule has 6 nitrogen and oxygen atoms in total. The molecule has 0 atom stereocenters. The highest BCUT2D eigenvalue weighted by atomic mass is 32.2. The fraction of sp³-hybridized carbons (Fsp3) is 0.190. The molecule has 1 aliphatic rings. The van der Waals surface area contributed by atoms with Gasteiger partial charge in [0.05, 0.1) is 10.5 Å². The van der Waals surface area contributed by atoms with Crippen molar-refractivity contribution in [1.29, 1.82) is 0 Å². The highest BCUT2D eigenvalue weighted by Gasteiger charge is 2.29. The summed E-state index contributed by atoms with van der Waals surface area (Å²) in [4.78, 5) is 36.6. The molecule has 3 rings (SSSR count).